The standard InChI is InChI=1S/C31H33BN4O3/c1-20(2)31(39)36-18-17-23(19-36)29(30(38)34-25-14-12-24(32)13-15-25)22-10-7-21(8-11-22)9-16-28(37)35-27-6-4-3-5-26(27)33/h3-16,20,23,29H,17-19,33H2,1-2H3,(H,34,38)(H,35,37)/b16-9+. The topological polar surface area (TPSA) is 105 Å². The van der Waals surface area contributed by atoms with Crippen LogP contribution in [0.4, 0.5) is 17.1 Å². The quantitative estimate of drug-likeness (QED) is 0.238. The van der Waals surface area contributed by atoms with Crippen molar-refractivity contribution >= 4 is 54.2 Å². The zero-order valence-corrected chi connectivity index (χ0v) is 22.3. The molecular weight excluding hydrogens is 487 g/mol. The van der Waals surface area contributed by atoms with E-state index < -0.39 is 5.92 Å². The number of anilines is 3. The number of rotatable bonds is 8. The molecule has 1 aliphatic rings. The third kappa shape index (κ3) is 7.16. The fourth-order valence-electron chi connectivity index (χ4n) is 4.82. The van der Waals surface area contributed by atoms with Crippen LogP contribution in [0.5, 0.6) is 0 Å². The van der Waals surface area contributed by atoms with Gasteiger partial charge in [-0.25, -0.2) is 0 Å². The number of carbonyl (C=O) groups is 3. The molecule has 39 heavy (non-hydrogen) atoms. The summed E-state index contributed by atoms with van der Waals surface area (Å²) in [6.07, 6.45) is 3.89. The molecule has 4 N–H and O–H groups in total. The van der Waals surface area contributed by atoms with Crippen LogP contribution < -0.4 is 21.8 Å². The number of nitrogens with one attached hydrogen (secondary N) is 2. The molecule has 0 bridgehead atoms. The fraction of sp³-hybridized carbons (Fsp3) is 0.258. The molecule has 3 amide bonds. The first-order chi connectivity index (χ1) is 18.7. The zero-order chi connectivity index (χ0) is 27.9. The van der Waals surface area contributed by atoms with Crippen LogP contribution in [-0.4, -0.2) is 43.6 Å². The number of para-hydroxylation sites is 2. The number of nitrogens with two attached hydrogens (primary N) is 1. The molecule has 1 saturated heterocycles. The van der Waals surface area contributed by atoms with Crippen LogP contribution in [0.3, 0.4) is 0 Å². The number of nitrogens with zero attached hydrogens (tertiary/aromatic N) is 1. The Morgan fingerprint density at radius 3 is 2.33 bits per heavy atom. The van der Waals surface area contributed by atoms with E-state index >= 15 is 0 Å². The normalized spacial score (nSPS) is 15.9. The molecule has 1 heterocycles. The molecule has 198 valence electrons. The molecule has 7 nitrogen and oxygen atoms in total. The van der Waals surface area contributed by atoms with Gasteiger partial charge in [0, 0.05) is 30.8 Å². The Morgan fingerprint density at radius 1 is 0.974 bits per heavy atom. The van der Waals surface area contributed by atoms with E-state index in [9.17, 15) is 14.4 Å². The Hall–Kier alpha value is -4.33. The van der Waals surface area contributed by atoms with Gasteiger partial charge >= 0.3 is 0 Å². The summed E-state index contributed by atoms with van der Waals surface area (Å²) in [7, 11) is 5.79. The van der Waals surface area contributed by atoms with Crippen molar-refractivity contribution in [3.8, 4) is 0 Å². The van der Waals surface area contributed by atoms with Crippen LogP contribution in [0.15, 0.2) is 78.9 Å². The number of hydrogen-bond acceptors (Lipinski definition) is 4. The highest BCUT2D eigenvalue weighted by molar-refractivity contribution is 6.32. The molecule has 2 radical (unpaired) electrons. The smallest absolute Gasteiger partial charge is 0.248 e. The Morgan fingerprint density at radius 2 is 1.67 bits per heavy atom. The summed E-state index contributed by atoms with van der Waals surface area (Å²) in [6, 6.07) is 21.7. The minimum atomic E-state index is -0.449. The molecular formula is C31H33BN4O3. The molecule has 1 fully saturated rings. The van der Waals surface area contributed by atoms with E-state index in [1.54, 1.807) is 54.6 Å². The maximum atomic E-state index is 13.6. The highest BCUT2D eigenvalue weighted by Crippen LogP contribution is 2.34. The summed E-state index contributed by atoms with van der Waals surface area (Å²) < 4.78 is 0. The van der Waals surface area contributed by atoms with Crippen molar-refractivity contribution in [2.45, 2.75) is 26.2 Å². The van der Waals surface area contributed by atoms with Gasteiger partial charge in [0.05, 0.1) is 17.3 Å². The number of hydrogen-bond donors (Lipinski definition) is 3. The van der Waals surface area contributed by atoms with E-state index in [0.29, 0.717) is 35.6 Å². The molecule has 0 aliphatic carbocycles. The summed E-state index contributed by atoms with van der Waals surface area (Å²) in [4.78, 5) is 40.4. The second-order valence-electron chi connectivity index (χ2n) is 10.2. The van der Waals surface area contributed by atoms with Crippen LogP contribution in [0.1, 0.15) is 37.3 Å². The van der Waals surface area contributed by atoms with E-state index in [1.165, 1.54) is 6.08 Å². The Labute approximate surface area is 230 Å². The van der Waals surface area contributed by atoms with Gasteiger partial charge in [-0.15, -0.1) is 0 Å². The van der Waals surface area contributed by atoms with Gasteiger partial charge in [0.1, 0.15) is 7.85 Å². The number of likely N-dealkylation sites (tertiary alicyclic amines) is 1. The molecule has 4 rings (SSSR count). The molecule has 1 aliphatic heterocycles. The number of carbonyl (C=O) groups excluding carboxylic acids is 3. The average molecular weight is 520 g/mol. The van der Waals surface area contributed by atoms with Gasteiger partial charge in [-0.2, -0.15) is 0 Å². The first-order valence-corrected chi connectivity index (χ1v) is 13.1. The lowest BCUT2D eigenvalue weighted by atomic mass is 9.84. The summed E-state index contributed by atoms with van der Waals surface area (Å²) in [6.45, 7) is 4.95. The predicted molar refractivity (Wildman–Crippen MR) is 158 cm³/mol. The van der Waals surface area contributed by atoms with E-state index in [-0.39, 0.29) is 29.6 Å². The minimum absolute atomic E-state index is 0.0232. The van der Waals surface area contributed by atoms with Gasteiger partial charge in [-0.3, -0.25) is 14.4 Å². The van der Waals surface area contributed by atoms with Crippen LogP contribution >= 0.6 is 0 Å². The SMILES string of the molecule is [B]c1ccc(NC(=O)C(c2ccc(/C=C/C(=O)Nc3ccccc3N)cc2)C2CCN(C(=O)C(C)C)C2)cc1. The van der Waals surface area contributed by atoms with Crippen molar-refractivity contribution in [3.63, 3.8) is 0 Å². The van der Waals surface area contributed by atoms with E-state index in [2.05, 4.69) is 10.6 Å². The van der Waals surface area contributed by atoms with Gasteiger partial charge in [0.15, 0.2) is 0 Å². The highest BCUT2D eigenvalue weighted by atomic mass is 16.2. The van der Waals surface area contributed by atoms with E-state index in [0.717, 1.165) is 17.5 Å². The fourth-order valence-corrected chi connectivity index (χ4v) is 4.82. The molecule has 3 aromatic carbocycles. The minimum Gasteiger partial charge on any atom is -0.397 e. The third-order valence-corrected chi connectivity index (χ3v) is 6.90. The largest absolute Gasteiger partial charge is 0.397 e. The van der Waals surface area contributed by atoms with E-state index in [4.69, 9.17) is 13.6 Å². The molecule has 0 saturated carbocycles. The number of nitrogen functional groups attached to an aromatic ring is 1. The molecule has 0 spiro atoms. The van der Waals surface area contributed by atoms with Gasteiger partial charge in [-0.05, 0) is 53.8 Å². The second kappa shape index (κ2) is 12.5. The summed E-state index contributed by atoms with van der Waals surface area (Å²) >= 11 is 0. The predicted octanol–water partition coefficient (Wildman–Crippen LogP) is 3.94. The monoisotopic (exact) mass is 520 g/mol. The first kappa shape index (κ1) is 27.7. The summed E-state index contributed by atoms with van der Waals surface area (Å²) in [5.41, 5.74) is 9.89. The first-order valence-electron chi connectivity index (χ1n) is 13.1. The van der Waals surface area contributed by atoms with Crippen molar-refractivity contribution in [1.82, 2.24) is 4.90 Å². The molecule has 3 aromatic rings. The Kier molecular flexibility index (Phi) is 8.86. The van der Waals surface area contributed by atoms with Gasteiger partial charge in [-0.1, -0.05) is 67.8 Å². The van der Waals surface area contributed by atoms with Crippen molar-refractivity contribution < 1.29 is 14.4 Å². The molecule has 8 heteroatoms. The lowest BCUT2D eigenvalue weighted by Crippen LogP contribution is -2.34. The Balaban J connectivity index is 1.51. The van der Waals surface area contributed by atoms with E-state index in [1.807, 2.05) is 43.0 Å². The van der Waals surface area contributed by atoms with Gasteiger partial charge in [0.25, 0.3) is 0 Å². The lowest BCUT2D eigenvalue weighted by molar-refractivity contribution is -0.133. The second-order valence-corrected chi connectivity index (χ2v) is 10.2. The highest BCUT2D eigenvalue weighted by Gasteiger charge is 2.37. The van der Waals surface area contributed by atoms with Gasteiger partial charge < -0.3 is 21.3 Å². The van der Waals surface area contributed by atoms with Crippen molar-refractivity contribution in [1.29, 1.82) is 0 Å². The number of benzene rings is 3. The van der Waals surface area contributed by atoms with Crippen LogP contribution in [0.25, 0.3) is 6.08 Å². The third-order valence-electron chi connectivity index (χ3n) is 6.90. The maximum Gasteiger partial charge on any atom is 0.248 e. The summed E-state index contributed by atoms with van der Waals surface area (Å²) in [5, 5.41) is 5.78. The molecule has 0 aromatic heterocycles. The lowest BCUT2D eigenvalue weighted by Gasteiger charge is -2.25. The van der Waals surface area contributed by atoms with Gasteiger partial charge in [0.2, 0.25) is 17.7 Å². The Bertz CT molecular complexity index is 1350. The summed E-state index contributed by atoms with van der Waals surface area (Å²) in [5.74, 6) is -0.885. The van der Waals surface area contributed by atoms with Crippen molar-refractivity contribution in [3.05, 3.63) is 90.0 Å². The van der Waals surface area contributed by atoms with Crippen LogP contribution in [0, 0.1) is 11.8 Å². The molecule has 2 atom stereocenters. The van der Waals surface area contributed by atoms with Crippen LogP contribution in [0.2, 0.25) is 0 Å². The molecule has 2 unspecified atom stereocenters. The average Bonchev–Trinajstić information content (AvgIpc) is 3.40. The number of amides is 3. The van der Waals surface area contributed by atoms with Crippen molar-refractivity contribution in [2.75, 3.05) is 29.5 Å². The zero-order valence-electron chi connectivity index (χ0n) is 22.3. The maximum absolute atomic E-state index is 13.6. The van der Waals surface area contributed by atoms with Crippen LogP contribution in [-0.2, 0) is 14.4 Å². The van der Waals surface area contributed by atoms with Crippen molar-refractivity contribution in [2.24, 2.45) is 11.8 Å².